The molecule has 2 aromatic heterocycles. The molecule has 158 valence electrons. The number of rotatable bonds is 5. The second-order valence-corrected chi connectivity index (χ2v) is 9.04. The number of nitrogens with two attached hydrogens (primary N) is 1. The molecule has 2 fully saturated rings. The van der Waals surface area contributed by atoms with Crippen LogP contribution in [0.4, 0.5) is 5.69 Å². The SMILES string of the molecule is CC1(COc2ccc3c(c2)ncn3-c2ccc3cccc(N4CC(N)C4)c3n2)COC1. The number of pyridine rings is 1. The predicted octanol–water partition coefficient (Wildman–Crippen LogP) is 3.14. The summed E-state index contributed by atoms with van der Waals surface area (Å²) in [6.45, 7) is 6.07. The van der Waals surface area contributed by atoms with Crippen LogP contribution in [0.5, 0.6) is 5.75 Å². The van der Waals surface area contributed by atoms with Gasteiger partial charge in [0.1, 0.15) is 17.9 Å². The van der Waals surface area contributed by atoms with E-state index in [4.69, 9.17) is 20.2 Å². The summed E-state index contributed by atoms with van der Waals surface area (Å²) in [7, 11) is 0. The highest BCUT2D eigenvalue weighted by molar-refractivity contribution is 5.92. The van der Waals surface area contributed by atoms with Gasteiger partial charge >= 0.3 is 0 Å². The van der Waals surface area contributed by atoms with Crippen LogP contribution in [-0.2, 0) is 4.74 Å². The fourth-order valence-electron chi connectivity index (χ4n) is 4.28. The molecule has 0 radical (unpaired) electrons. The van der Waals surface area contributed by atoms with Crippen molar-refractivity contribution in [2.45, 2.75) is 13.0 Å². The summed E-state index contributed by atoms with van der Waals surface area (Å²) in [5, 5.41) is 1.12. The van der Waals surface area contributed by atoms with E-state index in [1.807, 2.05) is 35.2 Å². The van der Waals surface area contributed by atoms with Gasteiger partial charge < -0.3 is 20.1 Å². The summed E-state index contributed by atoms with van der Waals surface area (Å²) in [5.41, 5.74) is 10.1. The first kappa shape index (κ1) is 18.6. The van der Waals surface area contributed by atoms with E-state index in [-0.39, 0.29) is 11.5 Å². The van der Waals surface area contributed by atoms with Crippen LogP contribution in [0.1, 0.15) is 6.92 Å². The van der Waals surface area contributed by atoms with E-state index in [0.717, 1.165) is 65.5 Å². The quantitative estimate of drug-likeness (QED) is 0.540. The van der Waals surface area contributed by atoms with E-state index in [9.17, 15) is 0 Å². The Morgan fingerprint density at radius 1 is 1.16 bits per heavy atom. The molecule has 7 nitrogen and oxygen atoms in total. The first-order chi connectivity index (χ1) is 15.1. The fourth-order valence-corrected chi connectivity index (χ4v) is 4.28. The lowest BCUT2D eigenvalue weighted by Crippen LogP contribution is -2.55. The molecule has 2 saturated heterocycles. The van der Waals surface area contributed by atoms with Crippen LogP contribution >= 0.6 is 0 Å². The van der Waals surface area contributed by atoms with Crippen molar-refractivity contribution in [3.8, 4) is 11.6 Å². The Morgan fingerprint density at radius 3 is 2.81 bits per heavy atom. The van der Waals surface area contributed by atoms with Crippen molar-refractivity contribution in [3.63, 3.8) is 0 Å². The number of hydrogen-bond acceptors (Lipinski definition) is 6. The number of nitrogens with zero attached hydrogens (tertiary/aromatic N) is 4. The van der Waals surface area contributed by atoms with Gasteiger partial charge in [0.2, 0.25) is 0 Å². The molecule has 4 heterocycles. The first-order valence-corrected chi connectivity index (χ1v) is 10.7. The standard InChI is InChI=1S/C24H25N5O2/c1-24(12-30-13-24)14-31-18-6-7-20-19(9-18)26-15-29(20)22-8-5-16-3-2-4-21(23(16)27-22)28-10-17(25)11-28/h2-9,15,17H,10-14,25H2,1H3. The van der Waals surface area contributed by atoms with Gasteiger partial charge in [0.05, 0.1) is 42.1 Å². The molecular formula is C24H25N5O2. The molecule has 0 aliphatic carbocycles. The first-order valence-electron chi connectivity index (χ1n) is 10.7. The Kier molecular flexibility index (Phi) is 4.16. The molecule has 0 unspecified atom stereocenters. The molecule has 0 spiro atoms. The maximum absolute atomic E-state index is 6.00. The van der Waals surface area contributed by atoms with Gasteiger partial charge in [-0.3, -0.25) is 4.57 Å². The number of ether oxygens (including phenoxy) is 2. The fraction of sp³-hybridized carbons (Fsp3) is 0.333. The van der Waals surface area contributed by atoms with Crippen molar-refractivity contribution in [1.82, 2.24) is 14.5 Å². The van der Waals surface area contributed by atoms with Gasteiger partial charge in [0.25, 0.3) is 0 Å². The van der Waals surface area contributed by atoms with Gasteiger partial charge in [0, 0.05) is 36.0 Å². The van der Waals surface area contributed by atoms with Gasteiger partial charge in [-0.05, 0) is 30.3 Å². The average molecular weight is 415 g/mol. The minimum absolute atomic E-state index is 0.113. The lowest BCUT2D eigenvalue weighted by atomic mass is 9.90. The number of imidazole rings is 1. The van der Waals surface area contributed by atoms with Crippen LogP contribution < -0.4 is 15.4 Å². The Labute approximate surface area is 180 Å². The van der Waals surface area contributed by atoms with Crippen molar-refractivity contribution in [1.29, 1.82) is 0 Å². The highest BCUT2D eigenvalue weighted by Gasteiger charge is 2.34. The molecule has 7 heteroatoms. The lowest BCUT2D eigenvalue weighted by Gasteiger charge is -2.39. The molecule has 4 aromatic rings. The monoisotopic (exact) mass is 415 g/mol. The van der Waals surface area contributed by atoms with Crippen molar-refractivity contribution >= 4 is 27.6 Å². The van der Waals surface area contributed by atoms with E-state index < -0.39 is 0 Å². The molecule has 6 rings (SSSR count). The van der Waals surface area contributed by atoms with Crippen molar-refractivity contribution in [3.05, 3.63) is 54.9 Å². The highest BCUT2D eigenvalue weighted by atomic mass is 16.5. The summed E-state index contributed by atoms with van der Waals surface area (Å²) < 4.78 is 13.3. The summed E-state index contributed by atoms with van der Waals surface area (Å²) in [6, 6.07) is 16.7. The van der Waals surface area contributed by atoms with Gasteiger partial charge in [-0.25, -0.2) is 9.97 Å². The zero-order valence-electron chi connectivity index (χ0n) is 17.5. The molecule has 0 amide bonds. The molecule has 0 saturated carbocycles. The summed E-state index contributed by atoms with van der Waals surface area (Å²) >= 11 is 0. The average Bonchev–Trinajstić information content (AvgIpc) is 3.17. The van der Waals surface area contributed by atoms with Crippen molar-refractivity contribution in [2.24, 2.45) is 11.1 Å². The third-order valence-corrected chi connectivity index (χ3v) is 6.19. The van der Waals surface area contributed by atoms with Crippen LogP contribution in [0.3, 0.4) is 0 Å². The van der Waals surface area contributed by atoms with Crippen LogP contribution in [0.2, 0.25) is 0 Å². The van der Waals surface area contributed by atoms with E-state index >= 15 is 0 Å². The number of para-hydroxylation sites is 1. The maximum Gasteiger partial charge on any atom is 0.139 e. The van der Waals surface area contributed by atoms with Gasteiger partial charge in [0.15, 0.2) is 0 Å². The highest BCUT2D eigenvalue weighted by Crippen LogP contribution is 2.31. The Bertz CT molecular complexity index is 1270. The number of aromatic nitrogens is 3. The molecule has 2 N–H and O–H groups in total. The molecule has 0 bridgehead atoms. The van der Waals surface area contributed by atoms with E-state index in [1.54, 1.807) is 0 Å². The number of anilines is 1. The molecule has 2 aliphatic heterocycles. The minimum atomic E-state index is 0.113. The number of benzene rings is 2. The largest absolute Gasteiger partial charge is 0.493 e. The molecular weight excluding hydrogens is 390 g/mol. The minimum Gasteiger partial charge on any atom is -0.493 e. The second-order valence-electron chi connectivity index (χ2n) is 9.04. The topological polar surface area (TPSA) is 78.4 Å². The Balaban J connectivity index is 1.33. The van der Waals surface area contributed by atoms with Crippen molar-refractivity contribution < 1.29 is 9.47 Å². The third-order valence-electron chi connectivity index (χ3n) is 6.19. The van der Waals surface area contributed by atoms with Crippen LogP contribution in [0, 0.1) is 5.41 Å². The zero-order chi connectivity index (χ0) is 21.0. The maximum atomic E-state index is 6.00. The van der Waals surface area contributed by atoms with Crippen LogP contribution in [0.15, 0.2) is 54.9 Å². The van der Waals surface area contributed by atoms with Crippen LogP contribution in [-0.4, -0.2) is 53.5 Å². The predicted molar refractivity (Wildman–Crippen MR) is 121 cm³/mol. The summed E-state index contributed by atoms with van der Waals surface area (Å²) in [4.78, 5) is 11.9. The number of hydrogen-bond donors (Lipinski definition) is 1. The smallest absolute Gasteiger partial charge is 0.139 e. The Hall–Kier alpha value is -3.16. The summed E-state index contributed by atoms with van der Waals surface area (Å²) in [6.07, 6.45) is 1.83. The molecule has 0 atom stereocenters. The third kappa shape index (κ3) is 3.21. The van der Waals surface area contributed by atoms with Gasteiger partial charge in [-0.15, -0.1) is 0 Å². The van der Waals surface area contributed by atoms with Crippen molar-refractivity contribution in [2.75, 3.05) is 37.8 Å². The molecule has 31 heavy (non-hydrogen) atoms. The molecule has 2 aliphatic rings. The summed E-state index contributed by atoms with van der Waals surface area (Å²) in [5.74, 6) is 1.67. The normalized spacial score (nSPS) is 18.2. The van der Waals surface area contributed by atoms with E-state index in [1.165, 1.54) is 0 Å². The number of fused-ring (bicyclic) bond motifs is 2. The van der Waals surface area contributed by atoms with Gasteiger partial charge in [-0.1, -0.05) is 19.1 Å². The Morgan fingerprint density at radius 2 is 2.03 bits per heavy atom. The zero-order valence-corrected chi connectivity index (χ0v) is 17.5. The van der Waals surface area contributed by atoms with Crippen LogP contribution in [0.25, 0.3) is 27.8 Å². The second kappa shape index (κ2) is 6.93. The van der Waals surface area contributed by atoms with E-state index in [2.05, 4.69) is 41.1 Å². The van der Waals surface area contributed by atoms with E-state index in [0.29, 0.717) is 6.61 Å². The van der Waals surface area contributed by atoms with Gasteiger partial charge in [-0.2, -0.15) is 0 Å². The lowest BCUT2D eigenvalue weighted by molar-refractivity contribution is -0.120. The molecule has 2 aromatic carbocycles.